The van der Waals surface area contributed by atoms with E-state index in [1.807, 2.05) is 12.3 Å². The molecule has 0 spiro atoms. The van der Waals surface area contributed by atoms with Crippen molar-refractivity contribution in [2.24, 2.45) is 5.73 Å². The zero-order chi connectivity index (χ0) is 11.3. The molecule has 1 rings (SSSR count). The Bertz CT molecular complexity index is 282. The average Bonchev–Trinajstić information content (AvgIpc) is 2.27. The van der Waals surface area contributed by atoms with Gasteiger partial charge in [-0.05, 0) is 32.0 Å². The van der Waals surface area contributed by atoms with Crippen molar-refractivity contribution in [3.63, 3.8) is 0 Å². The lowest BCUT2D eigenvalue weighted by atomic mass is 10.0. The standard InChI is InChI=1S/C12H21N3/c1-4-15(12(2,3)10-13)9-11-6-5-7-14-8-11/h5-8H,4,9-10,13H2,1-3H3. The number of rotatable bonds is 5. The zero-order valence-corrected chi connectivity index (χ0v) is 9.90. The van der Waals surface area contributed by atoms with Crippen LogP contribution in [0.15, 0.2) is 24.5 Å². The van der Waals surface area contributed by atoms with Gasteiger partial charge in [-0.3, -0.25) is 9.88 Å². The zero-order valence-electron chi connectivity index (χ0n) is 9.90. The van der Waals surface area contributed by atoms with Crippen LogP contribution in [0.5, 0.6) is 0 Å². The second-order valence-corrected chi connectivity index (χ2v) is 4.39. The normalized spacial score (nSPS) is 12.1. The van der Waals surface area contributed by atoms with E-state index >= 15 is 0 Å². The molecule has 0 saturated carbocycles. The Labute approximate surface area is 92.3 Å². The number of hydrogen-bond donors (Lipinski definition) is 1. The predicted molar refractivity (Wildman–Crippen MR) is 63.5 cm³/mol. The largest absolute Gasteiger partial charge is 0.329 e. The molecule has 1 aromatic heterocycles. The maximum Gasteiger partial charge on any atom is 0.0312 e. The molecule has 0 amide bonds. The molecular weight excluding hydrogens is 186 g/mol. The van der Waals surface area contributed by atoms with Crippen molar-refractivity contribution in [3.05, 3.63) is 30.1 Å². The summed E-state index contributed by atoms with van der Waals surface area (Å²) in [6, 6.07) is 4.07. The highest BCUT2D eigenvalue weighted by Crippen LogP contribution is 2.15. The fraction of sp³-hybridized carbons (Fsp3) is 0.583. The van der Waals surface area contributed by atoms with E-state index in [2.05, 4.69) is 36.7 Å². The molecule has 0 aliphatic rings. The van der Waals surface area contributed by atoms with Crippen molar-refractivity contribution in [2.75, 3.05) is 13.1 Å². The monoisotopic (exact) mass is 207 g/mol. The van der Waals surface area contributed by atoms with Gasteiger partial charge >= 0.3 is 0 Å². The number of likely N-dealkylation sites (N-methyl/N-ethyl adjacent to an activating group) is 1. The van der Waals surface area contributed by atoms with E-state index in [1.165, 1.54) is 5.56 Å². The Morgan fingerprint density at radius 1 is 1.47 bits per heavy atom. The second kappa shape index (κ2) is 5.24. The topological polar surface area (TPSA) is 42.2 Å². The average molecular weight is 207 g/mol. The lowest BCUT2D eigenvalue weighted by Crippen LogP contribution is -2.48. The van der Waals surface area contributed by atoms with Gasteiger partial charge in [0.15, 0.2) is 0 Å². The van der Waals surface area contributed by atoms with Gasteiger partial charge in [-0.15, -0.1) is 0 Å². The maximum atomic E-state index is 5.78. The molecule has 2 N–H and O–H groups in total. The Hall–Kier alpha value is -0.930. The number of aromatic nitrogens is 1. The molecule has 84 valence electrons. The van der Waals surface area contributed by atoms with Crippen molar-refractivity contribution in [3.8, 4) is 0 Å². The van der Waals surface area contributed by atoms with Crippen LogP contribution in [0.25, 0.3) is 0 Å². The molecular formula is C12H21N3. The number of nitrogens with zero attached hydrogens (tertiary/aromatic N) is 2. The summed E-state index contributed by atoms with van der Waals surface area (Å²) in [6.45, 7) is 9.09. The van der Waals surface area contributed by atoms with Gasteiger partial charge in [0, 0.05) is 31.0 Å². The predicted octanol–water partition coefficient (Wildman–Crippen LogP) is 1.64. The van der Waals surface area contributed by atoms with Gasteiger partial charge in [-0.2, -0.15) is 0 Å². The van der Waals surface area contributed by atoms with E-state index in [0.29, 0.717) is 6.54 Å². The molecule has 0 fully saturated rings. The lowest BCUT2D eigenvalue weighted by molar-refractivity contribution is 0.126. The van der Waals surface area contributed by atoms with Crippen LogP contribution in [0.2, 0.25) is 0 Å². The minimum Gasteiger partial charge on any atom is -0.329 e. The fourth-order valence-electron chi connectivity index (χ4n) is 1.59. The second-order valence-electron chi connectivity index (χ2n) is 4.39. The summed E-state index contributed by atoms with van der Waals surface area (Å²) in [7, 11) is 0. The Morgan fingerprint density at radius 2 is 2.20 bits per heavy atom. The third-order valence-electron chi connectivity index (χ3n) is 2.83. The van der Waals surface area contributed by atoms with Gasteiger partial charge in [-0.25, -0.2) is 0 Å². The summed E-state index contributed by atoms with van der Waals surface area (Å²) in [5.41, 5.74) is 7.06. The van der Waals surface area contributed by atoms with Gasteiger partial charge in [0.1, 0.15) is 0 Å². The first kappa shape index (κ1) is 12.1. The molecule has 0 aliphatic heterocycles. The molecule has 3 heteroatoms. The highest BCUT2D eigenvalue weighted by molar-refractivity contribution is 5.08. The summed E-state index contributed by atoms with van der Waals surface area (Å²) in [6.07, 6.45) is 3.71. The van der Waals surface area contributed by atoms with Crippen molar-refractivity contribution < 1.29 is 0 Å². The molecule has 0 saturated heterocycles. The third kappa shape index (κ3) is 3.29. The quantitative estimate of drug-likeness (QED) is 0.798. The third-order valence-corrected chi connectivity index (χ3v) is 2.83. The van der Waals surface area contributed by atoms with E-state index < -0.39 is 0 Å². The fourth-order valence-corrected chi connectivity index (χ4v) is 1.59. The minimum absolute atomic E-state index is 0.0462. The van der Waals surface area contributed by atoms with Crippen molar-refractivity contribution in [1.82, 2.24) is 9.88 Å². The molecule has 0 aromatic carbocycles. The van der Waals surface area contributed by atoms with E-state index in [1.54, 1.807) is 6.20 Å². The summed E-state index contributed by atoms with van der Waals surface area (Å²) in [4.78, 5) is 6.49. The van der Waals surface area contributed by atoms with Crippen LogP contribution >= 0.6 is 0 Å². The van der Waals surface area contributed by atoms with Crippen LogP contribution in [-0.2, 0) is 6.54 Å². The lowest BCUT2D eigenvalue weighted by Gasteiger charge is -2.37. The summed E-state index contributed by atoms with van der Waals surface area (Å²) < 4.78 is 0. The van der Waals surface area contributed by atoms with Gasteiger partial charge in [0.05, 0.1) is 0 Å². The number of hydrogen-bond acceptors (Lipinski definition) is 3. The number of nitrogens with two attached hydrogens (primary N) is 1. The van der Waals surface area contributed by atoms with E-state index in [-0.39, 0.29) is 5.54 Å². The Kier molecular flexibility index (Phi) is 4.24. The van der Waals surface area contributed by atoms with E-state index in [0.717, 1.165) is 13.1 Å². The molecule has 0 unspecified atom stereocenters. The Balaban J connectivity index is 2.70. The molecule has 1 aromatic rings. The van der Waals surface area contributed by atoms with Gasteiger partial charge in [0.25, 0.3) is 0 Å². The number of pyridine rings is 1. The summed E-state index contributed by atoms with van der Waals surface area (Å²) in [5.74, 6) is 0. The van der Waals surface area contributed by atoms with Crippen molar-refractivity contribution >= 4 is 0 Å². The summed E-state index contributed by atoms with van der Waals surface area (Å²) in [5, 5.41) is 0. The molecule has 15 heavy (non-hydrogen) atoms. The molecule has 0 radical (unpaired) electrons. The molecule has 0 aliphatic carbocycles. The van der Waals surface area contributed by atoms with Crippen molar-refractivity contribution in [1.29, 1.82) is 0 Å². The highest BCUT2D eigenvalue weighted by atomic mass is 15.2. The molecule has 3 nitrogen and oxygen atoms in total. The van der Waals surface area contributed by atoms with Crippen LogP contribution in [0.3, 0.4) is 0 Å². The van der Waals surface area contributed by atoms with Crippen LogP contribution in [0.4, 0.5) is 0 Å². The maximum absolute atomic E-state index is 5.78. The smallest absolute Gasteiger partial charge is 0.0312 e. The van der Waals surface area contributed by atoms with Gasteiger partial charge in [0.2, 0.25) is 0 Å². The van der Waals surface area contributed by atoms with Crippen molar-refractivity contribution in [2.45, 2.75) is 32.9 Å². The van der Waals surface area contributed by atoms with Crippen LogP contribution in [0, 0.1) is 0 Å². The molecule has 0 bridgehead atoms. The SMILES string of the molecule is CCN(Cc1cccnc1)C(C)(C)CN. The van der Waals surface area contributed by atoms with Crippen LogP contribution < -0.4 is 5.73 Å². The van der Waals surface area contributed by atoms with Gasteiger partial charge < -0.3 is 5.73 Å². The molecule has 1 heterocycles. The van der Waals surface area contributed by atoms with Crippen LogP contribution in [0.1, 0.15) is 26.3 Å². The van der Waals surface area contributed by atoms with Gasteiger partial charge in [-0.1, -0.05) is 13.0 Å². The van der Waals surface area contributed by atoms with Crippen LogP contribution in [-0.4, -0.2) is 28.5 Å². The first-order valence-electron chi connectivity index (χ1n) is 5.44. The van der Waals surface area contributed by atoms with E-state index in [9.17, 15) is 0 Å². The van der Waals surface area contributed by atoms with E-state index in [4.69, 9.17) is 5.73 Å². The minimum atomic E-state index is 0.0462. The molecule has 0 atom stereocenters. The highest BCUT2D eigenvalue weighted by Gasteiger charge is 2.23. The first-order valence-corrected chi connectivity index (χ1v) is 5.44. The summed E-state index contributed by atoms with van der Waals surface area (Å²) >= 11 is 0. The first-order chi connectivity index (χ1) is 7.10. The Morgan fingerprint density at radius 3 is 2.67 bits per heavy atom.